The van der Waals surface area contributed by atoms with E-state index in [1.165, 1.54) is 0 Å². The standard InChI is InChI=1S/C26H25BrN4O2.ClH/c1-26(2)19-11-22(31-7-5-30(6-8-31)16-13-33-14-16)20(27)10-18(19)24(32)23-17-4-3-15(12-28)9-21(17)29-25(23)26;/h3-4,9-11,16,29H,5-8,13-14H2,1-2H3;1H. The van der Waals surface area contributed by atoms with Crippen LogP contribution in [0.4, 0.5) is 5.69 Å². The SMILES string of the molecule is CC1(C)c2cc(N3CCN(C4COC4)CC3)c(Br)cc2C(=O)c2c1[nH]c1cc(C#N)ccc21.Cl. The van der Waals surface area contributed by atoms with Gasteiger partial charge in [-0.05, 0) is 45.8 Å². The van der Waals surface area contributed by atoms with Crippen LogP contribution in [0.3, 0.4) is 0 Å². The summed E-state index contributed by atoms with van der Waals surface area (Å²) in [6, 6.07) is 12.5. The number of benzene rings is 2. The van der Waals surface area contributed by atoms with E-state index in [9.17, 15) is 10.1 Å². The predicted molar refractivity (Wildman–Crippen MR) is 138 cm³/mol. The van der Waals surface area contributed by atoms with Crippen molar-refractivity contribution < 1.29 is 9.53 Å². The Balaban J connectivity index is 0.00000241. The van der Waals surface area contributed by atoms with Crippen molar-refractivity contribution in [1.29, 1.82) is 5.26 Å². The van der Waals surface area contributed by atoms with Crippen LogP contribution in [0.15, 0.2) is 34.8 Å². The molecule has 1 aromatic heterocycles. The molecule has 6 rings (SSSR count). The van der Waals surface area contributed by atoms with Crippen molar-refractivity contribution in [2.75, 3.05) is 44.3 Å². The number of piperazine rings is 1. The van der Waals surface area contributed by atoms with Gasteiger partial charge in [0.25, 0.3) is 0 Å². The highest BCUT2D eigenvalue weighted by atomic mass is 79.9. The lowest BCUT2D eigenvalue weighted by atomic mass is 9.71. The van der Waals surface area contributed by atoms with Crippen LogP contribution in [-0.4, -0.2) is 61.1 Å². The van der Waals surface area contributed by atoms with Gasteiger partial charge in [0.15, 0.2) is 5.78 Å². The lowest BCUT2D eigenvalue weighted by molar-refractivity contribution is -0.0660. The van der Waals surface area contributed by atoms with Crippen molar-refractivity contribution in [3.05, 3.63) is 62.8 Å². The Morgan fingerprint density at radius 2 is 1.88 bits per heavy atom. The topological polar surface area (TPSA) is 72.4 Å². The van der Waals surface area contributed by atoms with Crippen LogP contribution < -0.4 is 4.90 Å². The van der Waals surface area contributed by atoms with E-state index in [0.29, 0.717) is 11.6 Å². The summed E-state index contributed by atoms with van der Waals surface area (Å²) in [6.07, 6.45) is 0. The number of carbonyl (C=O) groups is 1. The van der Waals surface area contributed by atoms with Crippen LogP contribution >= 0.6 is 28.3 Å². The van der Waals surface area contributed by atoms with Crippen LogP contribution in [0.5, 0.6) is 0 Å². The maximum atomic E-state index is 13.7. The minimum Gasteiger partial charge on any atom is -0.378 e. The first kappa shape index (κ1) is 23.4. The zero-order valence-corrected chi connectivity index (χ0v) is 21.6. The van der Waals surface area contributed by atoms with Crippen molar-refractivity contribution in [2.24, 2.45) is 0 Å². The number of ether oxygens (including phenoxy) is 1. The summed E-state index contributed by atoms with van der Waals surface area (Å²) in [6.45, 7) is 9.99. The first-order valence-electron chi connectivity index (χ1n) is 11.4. The molecule has 8 heteroatoms. The van der Waals surface area contributed by atoms with E-state index in [1.54, 1.807) is 6.07 Å². The molecule has 2 aliphatic heterocycles. The highest BCUT2D eigenvalue weighted by Gasteiger charge is 2.40. The number of hydrogen-bond acceptors (Lipinski definition) is 5. The van der Waals surface area contributed by atoms with Gasteiger partial charge in [0.1, 0.15) is 0 Å². The third kappa shape index (κ3) is 3.39. The summed E-state index contributed by atoms with van der Waals surface area (Å²) in [5.74, 6) is 0.0392. The van der Waals surface area contributed by atoms with Crippen molar-refractivity contribution in [2.45, 2.75) is 25.3 Å². The van der Waals surface area contributed by atoms with E-state index >= 15 is 0 Å². The highest BCUT2D eigenvalue weighted by molar-refractivity contribution is 9.10. The number of nitriles is 1. The first-order chi connectivity index (χ1) is 15.9. The molecule has 0 amide bonds. The van der Waals surface area contributed by atoms with E-state index in [0.717, 1.165) is 82.8 Å². The second-order valence-corrected chi connectivity index (χ2v) is 10.6. The Hall–Kier alpha value is -2.37. The first-order valence-corrected chi connectivity index (χ1v) is 12.2. The Kier molecular flexibility index (Phi) is 5.77. The smallest absolute Gasteiger partial charge is 0.195 e. The van der Waals surface area contributed by atoms with Gasteiger partial charge in [-0.2, -0.15) is 5.26 Å². The van der Waals surface area contributed by atoms with E-state index in [4.69, 9.17) is 4.74 Å². The average Bonchev–Trinajstić information content (AvgIpc) is 3.17. The number of carbonyl (C=O) groups excluding carboxylic acids is 1. The Labute approximate surface area is 213 Å². The molecule has 2 aromatic carbocycles. The van der Waals surface area contributed by atoms with Gasteiger partial charge in [-0.25, -0.2) is 0 Å². The Morgan fingerprint density at radius 3 is 2.53 bits per heavy atom. The maximum absolute atomic E-state index is 13.7. The van der Waals surface area contributed by atoms with Gasteiger partial charge >= 0.3 is 0 Å². The normalized spacial score (nSPS) is 19.7. The fourth-order valence-electron chi connectivity index (χ4n) is 5.51. The largest absolute Gasteiger partial charge is 0.378 e. The predicted octanol–water partition coefficient (Wildman–Crippen LogP) is 4.61. The minimum absolute atomic E-state index is 0. The molecule has 3 heterocycles. The molecule has 0 bridgehead atoms. The summed E-state index contributed by atoms with van der Waals surface area (Å²) in [4.78, 5) is 22.1. The number of hydrogen-bond donors (Lipinski definition) is 1. The molecule has 3 aromatic rings. The number of aromatic amines is 1. The number of ketones is 1. The van der Waals surface area contributed by atoms with Crippen molar-refractivity contribution >= 4 is 50.7 Å². The molecular weight excluding hydrogens is 516 g/mol. The molecule has 1 aliphatic carbocycles. The molecule has 0 saturated carbocycles. The summed E-state index contributed by atoms with van der Waals surface area (Å²) < 4.78 is 6.32. The Bertz CT molecular complexity index is 1350. The van der Waals surface area contributed by atoms with Gasteiger partial charge in [0.05, 0.1) is 42.1 Å². The lowest BCUT2D eigenvalue weighted by Crippen LogP contribution is -2.56. The third-order valence-corrected chi connectivity index (χ3v) is 8.21. The van der Waals surface area contributed by atoms with Crippen LogP contribution in [0, 0.1) is 11.3 Å². The average molecular weight is 542 g/mol. The highest BCUT2D eigenvalue weighted by Crippen LogP contribution is 2.46. The second-order valence-electron chi connectivity index (χ2n) is 9.76. The fraction of sp³-hybridized carbons (Fsp3) is 0.385. The number of nitrogens with zero attached hydrogens (tertiary/aromatic N) is 3. The van der Waals surface area contributed by atoms with E-state index in [1.807, 2.05) is 18.2 Å². The number of rotatable bonds is 2. The van der Waals surface area contributed by atoms with Gasteiger partial charge in [-0.15, -0.1) is 12.4 Å². The minimum atomic E-state index is -0.370. The van der Waals surface area contributed by atoms with Crippen LogP contribution in [0.1, 0.15) is 46.6 Å². The van der Waals surface area contributed by atoms with Gasteiger partial charge in [0.2, 0.25) is 0 Å². The van der Waals surface area contributed by atoms with Gasteiger partial charge in [0, 0.05) is 58.2 Å². The molecule has 1 N–H and O–H groups in total. The van der Waals surface area contributed by atoms with Crippen LogP contribution in [0.2, 0.25) is 0 Å². The molecule has 0 atom stereocenters. The van der Waals surface area contributed by atoms with Gasteiger partial charge in [-0.3, -0.25) is 9.69 Å². The van der Waals surface area contributed by atoms with Gasteiger partial charge in [-0.1, -0.05) is 19.9 Å². The molecule has 3 aliphatic rings. The monoisotopic (exact) mass is 540 g/mol. The summed E-state index contributed by atoms with van der Waals surface area (Å²) in [5.41, 5.74) is 5.63. The maximum Gasteiger partial charge on any atom is 0.195 e. The number of aromatic nitrogens is 1. The van der Waals surface area contributed by atoms with Crippen LogP contribution in [0.25, 0.3) is 10.9 Å². The second kappa shape index (κ2) is 8.39. The molecular formula is C26H26BrClN4O2. The van der Waals surface area contributed by atoms with E-state index in [-0.39, 0.29) is 23.6 Å². The zero-order chi connectivity index (χ0) is 22.9. The summed E-state index contributed by atoms with van der Waals surface area (Å²) >= 11 is 3.77. The molecule has 0 radical (unpaired) electrons. The number of H-pyrrole nitrogens is 1. The molecule has 2 fully saturated rings. The van der Waals surface area contributed by atoms with E-state index < -0.39 is 0 Å². The molecule has 0 spiro atoms. The molecule has 34 heavy (non-hydrogen) atoms. The zero-order valence-electron chi connectivity index (χ0n) is 19.2. The molecule has 176 valence electrons. The number of fused-ring (bicyclic) bond motifs is 4. The van der Waals surface area contributed by atoms with Crippen molar-refractivity contribution in [3.63, 3.8) is 0 Å². The quantitative estimate of drug-likeness (QED) is 0.513. The number of anilines is 1. The number of nitrogens with one attached hydrogen (secondary N) is 1. The molecule has 0 unspecified atom stereocenters. The van der Waals surface area contributed by atoms with Crippen molar-refractivity contribution in [1.82, 2.24) is 9.88 Å². The molecule has 6 nitrogen and oxygen atoms in total. The van der Waals surface area contributed by atoms with Gasteiger partial charge < -0.3 is 14.6 Å². The summed E-state index contributed by atoms with van der Waals surface area (Å²) in [7, 11) is 0. The Morgan fingerprint density at radius 1 is 1.15 bits per heavy atom. The number of halogens is 2. The van der Waals surface area contributed by atoms with Crippen LogP contribution in [-0.2, 0) is 10.2 Å². The third-order valence-electron chi connectivity index (χ3n) is 7.58. The lowest BCUT2D eigenvalue weighted by Gasteiger charge is -2.43. The molecule has 2 saturated heterocycles. The summed E-state index contributed by atoms with van der Waals surface area (Å²) in [5, 5.41) is 10.2. The van der Waals surface area contributed by atoms with E-state index in [2.05, 4.69) is 56.7 Å². The fourth-order valence-corrected chi connectivity index (χ4v) is 6.11. The van der Waals surface area contributed by atoms with Crippen molar-refractivity contribution in [3.8, 4) is 6.07 Å².